The highest BCUT2D eigenvalue weighted by molar-refractivity contribution is 5.23. The van der Waals surface area contributed by atoms with E-state index < -0.39 is 0 Å². The number of nitrogens with two attached hydrogens (primary N) is 1. The van der Waals surface area contributed by atoms with Crippen LogP contribution in [0.4, 0.5) is 5.82 Å². The fraction of sp³-hybridized carbons (Fsp3) is 0.444. The predicted octanol–water partition coefficient (Wildman–Crippen LogP) is 1.82. The molecule has 0 bridgehead atoms. The third-order valence-electron chi connectivity index (χ3n) is 1.57. The van der Waals surface area contributed by atoms with Gasteiger partial charge in [0.2, 0.25) is 0 Å². The zero-order valence-corrected chi connectivity index (χ0v) is 7.62. The first-order valence-corrected chi connectivity index (χ1v) is 4.11. The molecular formula is C9H15N3. The summed E-state index contributed by atoms with van der Waals surface area (Å²) in [6, 6.07) is 1.81. The van der Waals surface area contributed by atoms with Crippen molar-refractivity contribution >= 4 is 5.82 Å². The molecule has 0 saturated heterocycles. The van der Waals surface area contributed by atoms with Gasteiger partial charge in [-0.1, -0.05) is 11.6 Å². The van der Waals surface area contributed by atoms with Crippen molar-refractivity contribution in [3.05, 3.63) is 23.9 Å². The van der Waals surface area contributed by atoms with E-state index in [2.05, 4.69) is 25.0 Å². The van der Waals surface area contributed by atoms with E-state index in [0.29, 0.717) is 5.82 Å². The van der Waals surface area contributed by atoms with E-state index in [0.717, 1.165) is 13.0 Å². The highest BCUT2D eigenvalue weighted by Crippen LogP contribution is 1.99. The van der Waals surface area contributed by atoms with E-state index >= 15 is 0 Å². The molecule has 12 heavy (non-hydrogen) atoms. The van der Waals surface area contributed by atoms with Crippen LogP contribution in [0.2, 0.25) is 0 Å². The molecule has 0 aromatic carbocycles. The van der Waals surface area contributed by atoms with Gasteiger partial charge in [0.1, 0.15) is 5.82 Å². The smallest absolute Gasteiger partial charge is 0.145 e. The van der Waals surface area contributed by atoms with E-state index in [1.54, 1.807) is 0 Å². The third-order valence-corrected chi connectivity index (χ3v) is 1.57. The average molecular weight is 165 g/mol. The highest BCUT2D eigenvalue weighted by Gasteiger charge is 1.91. The maximum absolute atomic E-state index is 5.46. The highest BCUT2D eigenvalue weighted by atomic mass is 15.3. The molecule has 3 heteroatoms. The van der Waals surface area contributed by atoms with E-state index in [4.69, 9.17) is 5.73 Å². The normalized spacial score (nSPS) is 9.83. The van der Waals surface area contributed by atoms with E-state index in [-0.39, 0.29) is 0 Å². The minimum Gasteiger partial charge on any atom is -0.382 e. The van der Waals surface area contributed by atoms with Crippen molar-refractivity contribution in [3.8, 4) is 0 Å². The number of nitrogen functional groups attached to an aromatic ring is 1. The van der Waals surface area contributed by atoms with Gasteiger partial charge in [-0.15, -0.1) is 0 Å². The van der Waals surface area contributed by atoms with Gasteiger partial charge in [-0.3, -0.25) is 4.68 Å². The van der Waals surface area contributed by atoms with Crippen molar-refractivity contribution in [1.29, 1.82) is 0 Å². The van der Waals surface area contributed by atoms with Crippen LogP contribution >= 0.6 is 0 Å². The minimum atomic E-state index is 0.590. The summed E-state index contributed by atoms with van der Waals surface area (Å²) in [6.07, 6.45) is 5.11. The van der Waals surface area contributed by atoms with Gasteiger partial charge >= 0.3 is 0 Å². The Morgan fingerprint density at radius 2 is 2.42 bits per heavy atom. The van der Waals surface area contributed by atoms with Crippen LogP contribution in [-0.4, -0.2) is 9.78 Å². The summed E-state index contributed by atoms with van der Waals surface area (Å²) in [7, 11) is 0. The second kappa shape index (κ2) is 3.95. The Balaban J connectivity index is 2.38. The molecule has 0 aliphatic rings. The summed E-state index contributed by atoms with van der Waals surface area (Å²) in [4.78, 5) is 0. The number of aryl methyl sites for hydroxylation is 1. The molecule has 0 aliphatic carbocycles. The van der Waals surface area contributed by atoms with Gasteiger partial charge in [-0.2, -0.15) is 5.10 Å². The van der Waals surface area contributed by atoms with Gasteiger partial charge in [-0.25, -0.2) is 0 Å². The Morgan fingerprint density at radius 3 is 2.92 bits per heavy atom. The average Bonchev–Trinajstić information content (AvgIpc) is 2.35. The van der Waals surface area contributed by atoms with Crippen molar-refractivity contribution in [2.45, 2.75) is 26.8 Å². The Labute approximate surface area is 72.9 Å². The largest absolute Gasteiger partial charge is 0.382 e. The number of allylic oxidation sites excluding steroid dienone is 2. The molecular weight excluding hydrogens is 150 g/mol. The van der Waals surface area contributed by atoms with E-state index in [1.165, 1.54) is 5.57 Å². The lowest BCUT2D eigenvalue weighted by molar-refractivity contribution is 0.625. The Bertz CT molecular complexity index is 269. The fourth-order valence-corrected chi connectivity index (χ4v) is 0.987. The summed E-state index contributed by atoms with van der Waals surface area (Å²) in [5.74, 6) is 0.590. The molecule has 0 radical (unpaired) electrons. The molecule has 1 rings (SSSR count). The van der Waals surface area contributed by atoms with Crippen LogP contribution in [0.25, 0.3) is 0 Å². The number of hydrogen-bond acceptors (Lipinski definition) is 2. The van der Waals surface area contributed by atoms with E-state index in [9.17, 15) is 0 Å². The summed E-state index contributed by atoms with van der Waals surface area (Å²) in [6.45, 7) is 5.09. The summed E-state index contributed by atoms with van der Waals surface area (Å²) in [5, 5.41) is 4.07. The molecule has 1 heterocycles. The number of hydrogen-bond donors (Lipinski definition) is 1. The lowest BCUT2D eigenvalue weighted by atomic mass is 10.3. The topological polar surface area (TPSA) is 43.8 Å². The minimum absolute atomic E-state index is 0.590. The number of rotatable bonds is 3. The van der Waals surface area contributed by atoms with Gasteiger partial charge in [-0.05, 0) is 26.3 Å². The second-order valence-electron chi connectivity index (χ2n) is 3.07. The maximum atomic E-state index is 5.46. The van der Waals surface area contributed by atoms with Crippen LogP contribution in [0.3, 0.4) is 0 Å². The molecule has 3 nitrogen and oxygen atoms in total. The number of aromatic nitrogens is 2. The molecule has 0 atom stereocenters. The first-order chi connectivity index (χ1) is 5.68. The van der Waals surface area contributed by atoms with Gasteiger partial charge in [0.25, 0.3) is 0 Å². The third kappa shape index (κ3) is 2.78. The quantitative estimate of drug-likeness (QED) is 0.694. The van der Waals surface area contributed by atoms with Gasteiger partial charge < -0.3 is 5.73 Å². The number of anilines is 1. The van der Waals surface area contributed by atoms with Crippen molar-refractivity contribution in [2.24, 2.45) is 0 Å². The van der Waals surface area contributed by atoms with Crippen molar-refractivity contribution in [1.82, 2.24) is 9.78 Å². The first kappa shape index (κ1) is 8.84. The fourth-order valence-electron chi connectivity index (χ4n) is 0.987. The molecule has 0 saturated carbocycles. The second-order valence-corrected chi connectivity index (χ2v) is 3.07. The van der Waals surface area contributed by atoms with Crippen molar-refractivity contribution in [3.63, 3.8) is 0 Å². The van der Waals surface area contributed by atoms with Crippen LogP contribution in [-0.2, 0) is 6.54 Å². The molecule has 0 fully saturated rings. The van der Waals surface area contributed by atoms with E-state index in [1.807, 2.05) is 16.9 Å². The molecule has 0 unspecified atom stereocenters. The Hall–Kier alpha value is -1.25. The standard InChI is InChI=1S/C9H15N3/c1-8(2)4-3-6-12-7-5-9(10)11-12/h4-5,7H,3,6H2,1-2H3,(H2,10,11). The molecule has 0 aliphatic heterocycles. The lowest BCUT2D eigenvalue weighted by Gasteiger charge is -1.96. The molecule has 1 aromatic rings. The van der Waals surface area contributed by atoms with Crippen LogP contribution < -0.4 is 5.73 Å². The molecule has 66 valence electrons. The predicted molar refractivity (Wildman–Crippen MR) is 50.7 cm³/mol. The van der Waals surface area contributed by atoms with Crippen LogP contribution in [0.1, 0.15) is 20.3 Å². The van der Waals surface area contributed by atoms with Crippen molar-refractivity contribution in [2.75, 3.05) is 5.73 Å². The zero-order chi connectivity index (χ0) is 8.97. The molecule has 1 aromatic heterocycles. The summed E-state index contributed by atoms with van der Waals surface area (Å²) < 4.78 is 1.86. The molecule has 0 amide bonds. The maximum Gasteiger partial charge on any atom is 0.145 e. The van der Waals surface area contributed by atoms with Gasteiger partial charge in [0.05, 0.1) is 0 Å². The van der Waals surface area contributed by atoms with Gasteiger partial charge in [0.15, 0.2) is 0 Å². The number of nitrogens with zero attached hydrogens (tertiary/aromatic N) is 2. The summed E-state index contributed by atoms with van der Waals surface area (Å²) in [5.41, 5.74) is 6.81. The van der Waals surface area contributed by atoms with Gasteiger partial charge in [0, 0.05) is 12.7 Å². The van der Waals surface area contributed by atoms with Crippen LogP contribution in [0.5, 0.6) is 0 Å². The van der Waals surface area contributed by atoms with Crippen molar-refractivity contribution < 1.29 is 0 Å². The Morgan fingerprint density at radius 1 is 1.67 bits per heavy atom. The van der Waals surface area contributed by atoms with Crippen LogP contribution in [0.15, 0.2) is 23.9 Å². The van der Waals surface area contributed by atoms with Crippen LogP contribution in [0, 0.1) is 0 Å². The first-order valence-electron chi connectivity index (χ1n) is 4.11. The molecule has 2 N–H and O–H groups in total. The summed E-state index contributed by atoms with van der Waals surface area (Å²) >= 11 is 0. The molecule has 0 spiro atoms. The Kier molecular flexibility index (Phi) is 2.91. The lowest BCUT2D eigenvalue weighted by Crippen LogP contribution is -1.98. The zero-order valence-electron chi connectivity index (χ0n) is 7.62. The monoisotopic (exact) mass is 165 g/mol. The SMILES string of the molecule is CC(C)=CCCn1ccc(N)n1.